The van der Waals surface area contributed by atoms with Gasteiger partial charge in [0, 0.05) is 20.1 Å². The minimum Gasteiger partial charge on any atom is -0.478 e. The van der Waals surface area contributed by atoms with Crippen LogP contribution in [0.4, 0.5) is 11.4 Å². The number of benzene rings is 1. The Morgan fingerprint density at radius 1 is 1.33 bits per heavy atom. The number of nitrogen functional groups attached to an aromatic ring is 1. The SMILES string of the molecule is CC(C(=O)N1CCCC1)N(C)c1ccc(C(=O)O)cc1N. The van der Waals surface area contributed by atoms with E-state index in [1.54, 1.807) is 18.0 Å². The van der Waals surface area contributed by atoms with Crippen LogP contribution in [0.25, 0.3) is 0 Å². The molecule has 114 valence electrons. The van der Waals surface area contributed by atoms with Crippen molar-refractivity contribution in [3.63, 3.8) is 0 Å². The summed E-state index contributed by atoms with van der Waals surface area (Å²) >= 11 is 0. The molecule has 1 fully saturated rings. The van der Waals surface area contributed by atoms with Crippen LogP contribution in [0.3, 0.4) is 0 Å². The van der Waals surface area contributed by atoms with E-state index in [4.69, 9.17) is 10.8 Å². The first-order chi connectivity index (χ1) is 9.91. The van der Waals surface area contributed by atoms with Gasteiger partial charge in [0.1, 0.15) is 6.04 Å². The fraction of sp³-hybridized carbons (Fsp3) is 0.467. The molecule has 1 heterocycles. The summed E-state index contributed by atoms with van der Waals surface area (Å²) in [7, 11) is 1.80. The van der Waals surface area contributed by atoms with Crippen molar-refractivity contribution in [3.8, 4) is 0 Å². The van der Waals surface area contributed by atoms with Crippen molar-refractivity contribution in [1.29, 1.82) is 0 Å². The second-order valence-corrected chi connectivity index (χ2v) is 5.40. The van der Waals surface area contributed by atoms with Crippen LogP contribution in [-0.2, 0) is 4.79 Å². The van der Waals surface area contributed by atoms with Crippen molar-refractivity contribution in [1.82, 2.24) is 4.90 Å². The van der Waals surface area contributed by atoms with Crippen molar-refractivity contribution in [3.05, 3.63) is 23.8 Å². The van der Waals surface area contributed by atoms with Gasteiger partial charge in [0.25, 0.3) is 0 Å². The maximum atomic E-state index is 12.4. The number of anilines is 2. The van der Waals surface area contributed by atoms with Gasteiger partial charge in [-0.3, -0.25) is 4.79 Å². The fourth-order valence-corrected chi connectivity index (χ4v) is 2.58. The topological polar surface area (TPSA) is 86.9 Å². The quantitative estimate of drug-likeness (QED) is 0.819. The number of nitrogens with zero attached hydrogens (tertiary/aromatic N) is 2. The molecular formula is C15H21N3O3. The van der Waals surface area contributed by atoms with E-state index in [2.05, 4.69) is 0 Å². The van der Waals surface area contributed by atoms with Crippen LogP contribution in [0.2, 0.25) is 0 Å². The van der Waals surface area contributed by atoms with E-state index in [0.717, 1.165) is 25.9 Å². The molecule has 1 saturated heterocycles. The van der Waals surface area contributed by atoms with Gasteiger partial charge >= 0.3 is 5.97 Å². The molecule has 0 spiro atoms. The monoisotopic (exact) mass is 291 g/mol. The lowest BCUT2D eigenvalue weighted by Gasteiger charge is -2.30. The summed E-state index contributed by atoms with van der Waals surface area (Å²) in [5.41, 5.74) is 7.09. The van der Waals surface area contributed by atoms with Crippen LogP contribution in [0.5, 0.6) is 0 Å². The first kappa shape index (κ1) is 15.2. The molecular weight excluding hydrogens is 270 g/mol. The standard InChI is InChI=1S/C15H21N3O3/c1-10(14(19)18-7-3-4-8-18)17(2)13-6-5-11(15(20)21)9-12(13)16/h5-6,9-10H,3-4,7-8,16H2,1-2H3,(H,20,21). The Balaban J connectivity index is 2.16. The maximum absolute atomic E-state index is 12.4. The Hall–Kier alpha value is -2.24. The van der Waals surface area contributed by atoms with Crippen molar-refractivity contribution in [2.45, 2.75) is 25.8 Å². The molecule has 21 heavy (non-hydrogen) atoms. The summed E-state index contributed by atoms with van der Waals surface area (Å²) in [5.74, 6) is -0.936. The molecule has 0 radical (unpaired) electrons. The van der Waals surface area contributed by atoms with Crippen LogP contribution in [-0.4, -0.2) is 48.1 Å². The van der Waals surface area contributed by atoms with Gasteiger partial charge < -0.3 is 20.6 Å². The molecule has 0 aliphatic carbocycles. The Labute approximate surface area is 124 Å². The first-order valence-corrected chi connectivity index (χ1v) is 7.06. The number of amides is 1. The van der Waals surface area contributed by atoms with Gasteiger partial charge in [-0.25, -0.2) is 4.79 Å². The normalized spacial score (nSPS) is 15.8. The van der Waals surface area contributed by atoms with E-state index in [1.807, 2.05) is 11.8 Å². The Morgan fingerprint density at radius 3 is 2.48 bits per heavy atom. The minimum absolute atomic E-state index is 0.0803. The van der Waals surface area contributed by atoms with Crippen molar-refractivity contribution >= 4 is 23.3 Å². The molecule has 1 amide bonds. The number of carbonyl (C=O) groups excluding carboxylic acids is 1. The highest BCUT2D eigenvalue weighted by Gasteiger charge is 2.27. The maximum Gasteiger partial charge on any atom is 0.335 e. The molecule has 0 saturated carbocycles. The number of likely N-dealkylation sites (N-methyl/N-ethyl adjacent to an activating group) is 1. The van der Waals surface area contributed by atoms with Gasteiger partial charge in [0.15, 0.2) is 0 Å². The average molecular weight is 291 g/mol. The number of carboxylic acids is 1. The predicted octanol–water partition coefficient (Wildman–Crippen LogP) is 1.41. The molecule has 0 aromatic heterocycles. The van der Waals surface area contributed by atoms with Gasteiger partial charge in [0.05, 0.1) is 16.9 Å². The number of carbonyl (C=O) groups is 2. The molecule has 0 bridgehead atoms. The largest absolute Gasteiger partial charge is 0.478 e. The zero-order valence-corrected chi connectivity index (χ0v) is 12.4. The van der Waals surface area contributed by atoms with Crippen molar-refractivity contribution < 1.29 is 14.7 Å². The molecule has 1 aliphatic rings. The summed E-state index contributed by atoms with van der Waals surface area (Å²) in [6.45, 7) is 3.46. The first-order valence-electron chi connectivity index (χ1n) is 7.06. The number of hydrogen-bond acceptors (Lipinski definition) is 4. The number of hydrogen-bond donors (Lipinski definition) is 2. The molecule has 6 nitrogen and oxygen atoms in total. The van der Waals surface area contributed by atoms with Gasteiger partial charge in [-0.1, -0.05) is 0 Å². The molecule has 6 heteroatoms. The molecule has 1 atom stereocenters. The third kappa shape index (κ3) is 3.09. The van der Waals surface area contributed by atoms with Crippen LogP contribution >= 0.6 is 0 Å². The molecule has 1 aliphatic heterocycles. The molecule has 3 N–H and O–H groups in total. The summed E-state index contributed by atoms with van der Waals surface area (Å²) < 4.78 is 0. The molecule has 1 aromatic carbocycles. The van der Waals surface area contributed by atoms with Gasteiger partial charge in [-0.05, 0) is 38.0 Å². The number of nitrogens with two attached hydrogens (primary N) is 1. The van der Waals surface area contributed by atoms with Crippen LogP contribution < -0.4 is 10.6 Å². The second-order valence-electron chi connectivity index (χ2n) is 5.40. The minimum atomic E-state index is -1.02. The average Bonchev–Trinajstić information content (AvgIpc) is 2.98. The zero-order valence-electron chi connectivity index (χ0n) is 12.4. The van der Waals surface area contributed by atoms with E-state index in [-0.39, 0.29) is 17.5 Å². The number of aromatic carboxylic acids is 1. The highest BCUT2D eigenvalue weighted by Crippen LogP contribution is 2.26. The van der Waals surface area contributed by atoms with Crippen molar-refractivity contribution in [2.75, 3.05) is 30.8 Å². The highest BCUT2D eigenvalue weighted by molar-refractivity contribution is 5.91. The second kappa shape index (κ2) is 6.03. The third-order valence-electron chi connectivity index (χ3n) is 4.01. The van der Waals surface area contributed by atoms with Gasteiger partial charge in [-0.2, -0.15) is 0 Å². The molecule has 1 aromatic rings. The van der Waals surface area contributed by atoms with Gasteiger partial charge in [0.2, 0.25) is 5.91 Å². The Bertz CT molecular complexity index is 553. The third-order valence-corrected chi connectivity index (χ3v) is 4.01. The van der Waals surface area contributed by atoms with E-state index in [9.17, 15) is 9.59 Å². The smallest absolute Gasteiger partial charge is 0.335 e. The number of likely N-dealkylation sites (tertiary alicyclic amines) is 1. The van der Waals surface area contributed by atoms with E-state index < -0.39 is 5.97 Å². The molecule has 2 rings (SSSR count). The van der Waals surface area contributed by atoms with Gasteiger partial charge in [-0.15, -0.1) is 0 Å². The summed E-state index contributed by atoms with van der Waals surface area (Å²) in [4.78, 5) is 27.0. The number of rotatable bonds is 4. The highest BCUT2D eigenvalue weighted by atomic mass is 16.4. The lowest BCUT2D eigenvalue weighted by atomic mass is 10.1. The van der Waals surface area contributed by atoms with Crippen LogP contribution in [0.15, 0.2) is 18.2 Å². The molecule has 1 unspecified atom stereocenters. The predicted molar refractivity (Wildman–Crippen MR) is 81.5 cm³/mol. The van der Waals surface area contributed by atoms with Crippen molar-refractivity contribution in [2.24, 2.45) is 0 Å². The lowest BCUT2D eigenvalue weighted by Crippen LogP contribution is -2.44. The Kier molecular flexibility index (Phi) is 4.35. The Morgan fingerprint density at radius 2 is 1.95 bits per heavy atom. The van der Waals surface area contributed by atoms with Crippen LogP contribution in [0.1, 0.15) is 30.1 Å². The summed E-state index contributed by atoms with van der Waals surface area (Å²) in [6.07, 6.45) is 2.11. The van der Waals surface area contributed by atoms with E-state index >= 15 is 0 Å². The summed E-state index contributed by atoms with van der Waals surface area (Å²) in [5, 5.41) is 8.95. The zero-order chi connectivity index (χ0) is 15.6. The fourth-order valence-electron chi connectivity index (χ4n) is 2.58. The lowest BCUT2D eigenvalue weighted by molar-refractivity contribution is -0.131. The number of carboxylic acid groups (broad SMARTS) is 1. The van der Waals surface area contributed by atoms with E-state index in [0.29, 0.717) is 11.4 Å². The van der Waals surface area contributed by atoms with Crippen LogP contribution in [0, 0.1) is 0 Å². The van der Waals surface area contributed by atoms with E-state index in [1.165, 1.54) is 12.1 Å². The summed E-state index contributed by atoms with van der Waals surface area (Å²) in [6, 6.07) is 4.23.